The second kappa shape index (κ2) is 4.95. The molecule has 1 aliphatic heterocycles. The molecule has 0 aliphatic carbocycles. The van der Waals surface area contributed by atoms with E-state index in [1.54, 1.807) is 0 Å². The monoisotopic (exact) mass is 269 g/mol. The Bertz CT molecular complexity index is 530. The molecular formula is C12H19N3O2S. The summed E-state index contributed by atoms with van der Waals surface area (Å²) in [5.74, 6) is 0.236. The predicted octanol–water partition coefficient (Wildman–Crippen LogP) is -0.0539. The molecule has 1 saturated heterocycles. The molecule has 0 saturated carbocycles. The average molecular weight is 269 g/mol. The maximum absolute atomic E-state index is 11.5. The van der Waals surface area contributed by atoms with Crippen molar-refractivity contribution in [2.24, 2.45) is 5.73 Å². The van der Waals surface area contributed by atoms with Crippen LogP contribution < -0.4 is 5.73 Å². The van der Waals surface area contributed by atoms with Gasteiger partial charge in [-0.2, -0.15) is 0 Å². The number of likely N-dealkylation sites (N-methyl/N-ethyl adjacent to an activating group) is 1. The van der Waals surface area contributed by atoms with Crippen molar-refractivity contribution in [2.45, 2.75) is 25.6 Å². The lowest BCUT2D eigenvalue weighted by Gasteiger charge is -2.26. The van der Waals surface area contributed by atoms with E-state index in [0.717, 1.165) is 11.4 Å². The summed E-state index contributed by atoms with van der Waals surface area (Å²) in [4.78, 5) is 6.40. The van der Waals surface area contributed by atoms with Gasteiger partial charge >= 0.3 is 0 Å². The van der Waals surface area contributed by atoms with Gasteiger partial charge in [-0.3, -0.25) is 9.88 Å². The van der Waals surface area contributed by atoms with Crippen LogP contribution in [0.5, 0.6) is 0 Å². The zero-order valence-corrected chi connectivity index (χ0v) is 11.5. The van der Waals surface area contributed by atoms with E-state index in [1.165, 1.54) is 0 Å². The largest absolute Gasteiger partial charge is 0.325 e. The van der Waals surface area contributed by atoms with Crippen molar-refractivity contribution in [3.05, 3.63) is 29.6 Å². The molecule has 0 amide bonds. The summed E-state index contributed by atoms with van der Waals surface area (Å²) in [6, 6.07) is 5.42. The smallest absolute Gasteiger partial charge is 0.153 e. The molecule has 0 bridgehead atoms. The molecule has 2 N–H and O–H groups in total. The third kappa shape index (κ3) is 3.07. The lowest BCUT2D eigenvalue weighted by molar-refractivity contribution is 0.233. The average Bonchev–Trinajstić information content (AvgIpc) is 2.52. The zero-order valence-electron chi connectivity index (χ0n) is 10.7. The van der Waals surface area contributed by atoms with Crippen LogP contribution in [0.15, 0.2) is 18.2 Å². The van der Waals surface area contributed by atoms with Crippen LogP contribution in [0.4, 0.5) is 0 Å². The van der Waals surface area contributed by atoms with E-state index in [-0.39, 0.29) is 23.6 Å². The quantitative estimate of drug-likeness (QED) is 0.832. The molecule has 1 aromatic rings. The van der Waals surface area contributed by atoms with Gasteiger partial charge in [-0.25, -0.2) is 8.42 Å². The first-order valence-corrected chi connectivity index (χ1v) is 7.78. The number of nitrogens with two attached hydrogens (primary N) is 1. The van der Waals surface area contributed by atoms with E-state index in [2.05, 4.69) is 4.98 Å². The molecule has 1 aliphatic rings. The van der Waals surface area contributed by atoms with Crippen LogP contribution in [0.25, 0.3) is 0 Å². The van der Waals surface area contributed by atoms with Crippen molar-refractivity contribution >= 4 is 9.84 Å². The SMILES string of the molecule is Cc1cccc(CN(C)C2CS(=O)(=O)CC2N)n1. The Morgan fingerprint density at radius 2 is 2.17 bits per heavy atom. The summed E-state index contributed by atoms with van der Waals surface area (Å²) in [7, 11) is -1.08. The van der Waals surface area contributed by atoms with Gasteiger partial charge in [0.2, 0.25) is 0 Å². The van der Waals surface area contributed by atoms with Crippen molar-refractivity contribution < 1.29 is 8.42 Å². The first kappa shape index (κ1) is 13.5. The molecule has 2 heterocycles. The number of nitrogens with zero attached hydrogens (tertiary/aromatic N) is 2. The van der Waals surface area contributed by atoms with Crippen LogP contribution in [0.1, 0.15) is 11.4 Å². The fourth-order valence-electron chi connectivity index (χ4n) is 2.37. The highest BCUT2D eigenvalue weighted by molar-refractivity contribution is 7.91. The third-order valence-electron chi connectivity index (χ3n) is 3.29. The number of sulfone groups is 1. The number of hydrogen-bond donors (Lipinski definition) is 1. The van der Waals surface area contributed by atoms with E-state index in [4.69, 9.17) is 5.73 Å². The molecule has 0 spiro atoms. The number of rotatable bonds is 3. The van der Waals surface area contributed by atoms with Crippen LogP contribution in [0, 0.1) is 6.92 Å². The number of aromatic nitrogens is 1. The molecule has 2 unspecified atom stereocenters. The van der Waals surface area contributed by atoms with Gasteiger partial charge in [-0.15, -0.1) is 0 Å². The summed E-state index contributed by atoms with van der Waals surface area (Å²) in [6.45, 7) is 2.56. The third-order valence-corrected chi connectivity index (χ3v) is 5.03. The molecule has 0 radical (unpaired) electrons. The Balaban J connectivity index is 2.07. The fourth-order valence-corrected chi connectivity index (χ4v) is 4.34. The van der Waals surface area contributed by atoms with Gasteiger partial charge in [0.15, 0.2) is 9.84 Å². The number of hydrogen-bond acceptors (Lipinski definition) is 5. The van der Waals surface area contributed by atoms with Crippen molar-refractivity contribution in [3.8, 4) is 0 Å². The molecule has 100 valence electrons. The molecular weight excluding hydrogens is 250 g/mol. The molecule has 1 fully saturated rings. The molecule has 6 heteroatoms. The van der Waals surface area contributed by atoms with Crippen LogP contribution in [-0.4, -0.2) is 48.9 Å². The minimum atomic E-state index is -2.98. The Hall–Kier alpha value is -0.980. The Morgan fingerprint density at radius 3 is 2.72 bits per heavy atom. The lowest BCUT2D eigenvalue weighted by Crippen LogP contribution is -2.44. The number of pyridine rings is 1. The van der Waals surface area contributed by atoms with Gasteiger partial charge in [0.05, 0.1) is 17.2 Å². The van der Waals surface area contributed by atoms with E-state index in [1.807, 2.05) is 37.1 Å². The van der Waals surface area contributed by atoms with Gasteiger partial charge in [-0.05, 0) is 26.1 Å². The second-order valence-corrected chi connectivity index (χ2v) is 7.15. The first-order valence-electron chi connectivity index (χ1n) is 5.96. The summed E-state index contributed by atoms with van der Waals surface area (Å²) in [5, 5.41) is 0. The standard InChI is InChI=1S/C12H19N3O2S/c1-9-4-3-5-10(14-9)6-15(2)12-8-18(16,17)7-11(12)13/h3-5,11-12H,6-8,13H2,1-2H3. The molecule has 2 atom stereocenters. The van der Waals surface area contributed by atoms with Gasteiger partial charge < -0.3 is 5.73 Å². The normalized spacial score (nSPS) is 26.7. The molecule has 1 aromatic heterocycles. The highest BCUT2D eigenvalue weighted by Crippen LogP contribution is 2.17. The number of aryl methyl sites for hydroxylation is 1. The van der Waals surface area contributed by atoms with Crippen LogP contribution in [-0.2, 0) is 16.4 Å². The second-order valence-electron chi connectivity index (χ2n) is 4.99. The topological polar surface area (TPSA) is 76.3 Å². The maximum atomic E-state index is 11.5. The van der Waals surface area contributed by atoms with E-state index < -0.39 is 9.84 Å². The molecule has 5 nitrogen and oxygen atoms in total. The summed E-state index contributed by atoms with van der Waals surface area (Å²) < 4.78 is 23.1. The first-order chi connectivity index (χ1) is 8.37. The van der Waals surface area contributed by atoms with E-state index >= 15 is 0 Å². The van der Waals surface area contributed by atoms with Gasteiger partial charge in [0, 0.05) is 24.3 Å². The van der Waals surface area contributed by atoms with E-state index in [0.29, 0.717) is 6.54 Å². The molecule has 18 heavy (non-hydrogen) atoms. The molecule has 0 aromatic carbocycles. The minimum absolute atomic E-state index is 0.0866. The maximum Gasteiger partial charge on any atom is 0.153 e. The van der Waals surface area contributed by atoms with E-state index in [9.17, 15) is 8.42 Å². The zero-order chi connectivity index (χ0) is 13.3. The summed E-state index contributed by atoms with van der Waals surface area (Å²) >= 11 is 0. The predicted molar refractivity (Wildman–Crippen MR) is 70.9 cm³/mol. The van der Waals surface area contributed by atoms with Gasteiger partial charge in [0.1, 0.15) is 0 Å². The van der Waals surface area contributed by atoms with Crippen molar-refractivity contribution in [1.29, 1.82) is 0 Å². The highest BCUT2D eigenvalue weighted by atomic mass is 32.2. The van der Waals surface area contributed by atoms with Crippen LogP contribution in [0.3, 0.4) is 0 Å². The Kier molecular flexibility index (Phi) is 3.70. The van der Waals surface area contributed by atoms with Crippen LogP contribution >= 0.6 is 0 Å². The van der Waals surface area contributed by atoms with Gasteiger partial charge in [-0.1, -0.05) is 6.07 Å². The highest BCUT2D eigenvalue weighted by Gasteiger charge is 2.37. The van der Waals surface area contributed by atoms with Crippen LogP contribution in [0.2, 0.25) is 0 Å². The van der Waals surface area contributed by atoms with Crippen molar-refractivity contribution in [2.75, 3.05) is 18.6 Å². The summed E-state index contributed by atoms with van der Waals surface area (Å²) in [5.41, 5.74) is 7.80. The fraction of sp³-hybridized carbons (Fsp3) is 0.583. The van der Waals surface area contributed by atoms with Gasteiger partial charge in [0.25, 0.3) is 0 Å². The summed E-state index contributed by atoms with van der Waals surface area (Å²) in [6.07, 6.45) is 0. The lowest BCUT2D eigenvalue weighted by atomic mass is 10.1. The van der Waals surface area contributed by atoms with Crippen molar-refractivity contribution in [3.63, 3.8) is 0 Å². The minimum Gasteiger partial charge on any atom is -0.325 e. The Labute approximate surface area is 108 Å². The Morgan fingerprint density at radius 1 is 1.44 bits per heavy atom. The van der Waals surface area contributed by atoms with Crippen molar-refractivity contribution in [1.82, 2.24) is 9.88 Å². The molecule has 2 rings (SSSR count).